The summed E-state index contributed by atoms with van der Waals surface area (Å²) >= 11 is 0. The largest absolute Gasteiger partial charge is 0.496 e. The summed E-state index contributed by atoms with van der Waals surface area (Å²) in [5.74, 6) is -0.144. The van der Waals surface area contributed by atoms with Gasteiger partial charge in [-0.3, -0.25) is 9.59 Å². The topological polar surface area (TPSA) is 76.1 Å². The number of methoxy groups -OCH3 is 1. The first kappa shape index (κ1) is 15.2. The van der Waals surface area contributed by atoms with Gasteiger partial charge in [-0.15, -0.1) is 0 Å². The molecule has 1 aliphatic rings. The predicted molar refractivity (Wildman–Crippen MR) is 75.5 cm³/mol. The Morgan fingerprint density at radius 3 is 2.76 bits per heavy atom. The SMILES string of the molecule is COc1ccc(OCC(=O)N2CCC(C(=O)O)C2)cc1C. The lowest BCUT2D eigenvalue weighted by molar-refractivity contribution is -0.141. The molecule has 0 aromatic heterocycles. The molecule has 1 N–H and O–H groups in total. The number of hydrogen-bond donors (Lipinski definition) is 1. The van der Waals surface area contributed by atoms with Gasteiger partial charge < -0.3 is 19.5 Å². The van der Waals surface area contributed by atoms with Crippen molar-refractivity contribution in [3.63, 3.8) is 0 Å². The van der Waals surface area contributed by atoms with Gasteiger partial charge in [-0.05, 0) is 37.1 Å². The number of aliphatic carboxylic acids is 1. The molecule has 1 fully saturated rings. The number of carboxylic acid groups (broad SMARTS) is 1. The maximum atomic E-state index is 12.0. The zero-order valence-electron chi connectivity index (χ0n) is 12.2. The van der Waals surface area contributed by atoms with Crippen molar-refractivity contribution in [2.24, 2.45) is 5.92 Å². The van der Waals surface area contributed by atoms with Gasteiger partial charge >= 0.3 is 5.97 Å². The molecule has 0 radical (unpaired) electrons. The van der Waals surface area contributed by atoms with Crippen LogP contribution in [0.5, 0.6) is 11.5 Å². The van der Waals surface area contributed by atoms with Crippen molar-refractivity contribution in [3.05, 3.63) is 23.8 Å². The molecule has 21 heavy (non-hydrogen) atoms. The van der Waals surface area contributed by atoms with Crippen molar-refractivity contribution in [1.29, 1.82) is 0 Å². The van der Waals surface area contributed by atoms with Gasteiger partial charge in [-0.25, -0.2) is 0 Å². The highest BCUT2D eigenvalue weighted by Gasteiger charge is 2.30. The minimum Gasteiger partial charge on any atom is -0.496 e. The Labute approximate surface area is 123 Å². The summed E-state index contributed by atoms with van der Waals surface area (Å²) in [6.45, 7) is 2.55. The molecular weight excluding hydrogens is 274 g/mol. The molecule has 0 spiro atoms. The standard InChI is InChI=1S/C15H19NO5/c1-10-7-12(3-4-13(10)20-2)21-9-14(17)16-6-5-11(8-16)15(18)19/h3-4,7,11H,5-6,8-9H2,1-2H3,(H,18,19). The Bertz CT molecular complexity index is 543. The smallest absolute Gasteiger partial charge is 0.308 e. The number of carbonyl (C=O) groups excluding carboxylic acids is 1. The van der Waals surface area contributed by atoms with Crippen LogP contribution in [0.15, 0.2) is 18.2 Å². The van der Waals surface area contributed by atoms with Gasteiger partial charge in [-0.2, -0.15) is 0 Å². The molecule has 1 aromatic carbocycles. The van der Waals surface area contributed by atoms with Crippen LogP contribution < -0.4 is 9.47 Å². The van der Waals surface area contributed by atoms with Gasteiger partial charge in [0, 0.05) is 13.1 Å². The Morgan fingerprint density at radius 2 is 2.19 bits per heavy atom. The fourth-order valence-corrected chi connectivity index (χ4v) is 2.37. The number of aryl methyl sites for hydroxylation is 1. The molecule has 1 amide bonds. The summed E-state index contributed by atoms with van der Waals surface area (Å²) < 4.78 is 10.6. The van der Waals surface area contributed by atoms with Gasteiger partial charge in [0.1, 0.15) is 11.5 Å². The van der Waals surface area contributed by atoms with E-state index in [-0.39, 0.29) is 19.1 Å². The number of carboxylic acids is 1. The van der Waals surface area contributed by atoms with E-state index in [4.69, 9.17) is 14.6 Å². The molecule has 1 saturated heterocycles. The number of rotatable bonds is 5. The first-order valence-corrected chi connectivity index (χ1v) is 6.79. The predicted octanol–water partition coefficient (Wildman–Crippen LogP) is 1.32. The zero-order valence-corrected chi connectivity index (χ0v) is 12.2. The van der Waals surface area contributed by atoms with E-state index < -0.39 is 11.9 Å². The first-order valence-electron chi connectivity index (χ1n) is 6.79. The molecular formula is C15H19NO5. The van der Waals surface area contributed by atoms with Crippen LogP contribution in [-0.4, -0.2) is 48.7 Å². The van der Waals surface area contributed by atoms with E-state index in [2.05, 4.69) is 0 Å². The van der Waals surface area contributed by atoms with Crippen LogP contribution in [0.1, 0.15) is 12.0 Å². The minimum absolute atomic E-state index is 0.0852. The Hall–Kier alpha value is -2.24. The van der Waals surface area contributed by atoms with Crippen LogP contribution in [0, 0.1) is 12.8 Å². The normalized spacial score (nSPS) is 17.6. The summed E-state index contributed by atoms with van der Waals surface area (Å²) in [6, 6.07) is 5.32. The molecule has 1 atom stereocenters. The molecule has 1 aromatic rings. The van der Waals surface area contributed by atoms with E-state index in [0.29, 0.717) is 18.7 Å². The lowest BCUT2D eigenvalue weighted by Gasteiger charge is -2.16. The van der Waals surface area contributed by atoms with E-state index in [1.165, 1.54) is 4.90 Å². The third-order valence-corrected chi connectivity index (χ3v) is 3.62. The van der Waals surface area contributed by atoms with E-state index in [0.717, 1.165) is 11.3 Å². The molecule has 1 unspecified atom stereocenters. The van der Waals surface area contributed by atoms with E-state index >= 15 is 0 Å². The van der Waals surface area contributed by atoms with Crippen LogP contribution in [0.2, 0.25) is 0 Å². The van der Waals surface area contributed by atoms with Gasteiger partial charge in [0.05, 0.1) is 13.0 Å². The second kappa shape index (κ2) is 6.47. The van der Waals surface area contributed by atoms with Crippen molar-refractivity contribution in [2.45, 2.75) is 13.3 Å². The first-order chi connectivity index (χ1) is 10.0. The third-order valence-electron chi connectivity index (χ3n) is 3.62. The second-order valence-electron chi connectivity index (χ2n) is 5.08. The highest BCUT2D eigenvalue weighted by molar-refractivity contribution is 5.80. The zero-order chi connectivity index (χ0) is 15.4. The minimum atomic E-state index is -0.850. The van der Waals surface area contributed by atoms with Crippen molar-refractivity contribution in [3.8, 4) is 11.5 Å². The van der Waals surface area contributed by atoms with Crippen LogP contribution in [0.3, 0.4) is 0 Å². The van der Waals surface area contributed by atoms with Crippen LogP contribution >= 0.6 is 0 Å². The van der Waals surface area contributed by atoms with Crippen LogP contribution in [0.4, 0.5) is 0 Å². The van der Waals surface area contributed by atoms with Crippen LogP contribution in [0.25, 0.3) is 0 Å². The lowest BCUT2D eigenvalue weighted by Crippen LogP contribution is -2.33. The molecule has 6 nitrogen and oxygen atoms in total. The van der Waals surface area contributed by atoms with Gasteiger partial charge in [0.25, 0.3) is 5.91 Å². The summed E-state index contributed by atoms with van der Waals surface area (Å²) in [6.07, 6.45) is 0.503. The average Bonchev–Trinajstić information content (AvgIpc) is 2.95. The molecule has 1 aliphatic heterocycles. The molecule has 0 aliphatic carbocycles. The summed E-state index contributed by atoms with van der Waals surface area (Å²) in [4.78, 5) is 24.4. The van der Waals surface area contributed by atoms with Gasteiger partial charge in [0.2, 0.25) is 0 Å². The quantitative estimate of drug-likeness (QED) is 0.886. The van der Waals surface area contributed by atoms with Gasteiger partial charge in [0.15, 0.2) is 6.61 Å². The fraction of sp³-hybridized carbons (Fsp3) is 0.467. The molecule has 1 heterocycles. The number of carbonyl (C=O) groups is 2. The number of ether oxygens (including phenoxy) is 2. The second-order valence-corrected chi connectivity index (χ2v) is 5.08. The van der Waals surface area contributed by atoms with Crippen molar-refractivity contribution in [2.75, 3.05) is 26.8 Å². The van der Waals surface area contributed by atoms with E-state index in [9.17, 15) is 9.59 Å². The molecule has 0 saturated carbocycles. The third kappa shape index (κ3) is 3.65. The molecule has 0 bridgehead atoms. The molecule has 6 heteroatoms. The number of amides is 1. The summed E-state index contributed by atoms with van der Waals surface area (Å²) in [5, 5.41) is 8.92. The lowest BCUT2D eigenvalue weighted by atomic mass is 10.1. The molecule has 2 rings (SSSR count). The molecule has 114 valence electrons. The number of hydrogen-bond acceptors (Lipinski definition) is 4. The Kier molecular flexibility index (Phi) is 4.67. The highest BCUT2D eigenvalue weighted by atomic mass is 16.5. The van der Waals surface area contributed by atoms with E-state index in [1.54, 1.807) is 25.3 Å². The summed E-state index contributed by atoms with van der Waals surface area (Å²) in [5.41, 5.74) is 0.926. The number of likely N-dealkylation sites (tertiary alicyclic amines) is 1. The van der Waals surface area contributed by atoms with Gasteiger partial charge in [-0.1, -0.05) is 0 Å². The maximum absolute atomic E-state index is 12.0. The summed E-state index contributed by atoms with van der Waals surface area (Å²) in [7, 11) is 1.60. The average molecular weight is 293 g/mol. The number of benzene rings is 1. The maximum Gasteiger partial charge on any atom is 0.308 e. The van der Waals surface area contributed by atoms with Crippen molar-refractivity contribution in [1.82, 2.24) is 4.90 Å². The fourth-order valence-electron chi connectivity index (χ4n) is 2.37. The Balaban J connectivity index is 1.87. The van der Waals surface area contributed by atoms with Crippen molar-refractivity contribution >= 4 is 11.9 Å². The Morgan fingerprint density at radius 1 is 1.43 bits per heavy atom. The van der Waals surface area contributed by atoms with Crippen LogP contribution in [-0.2, 0) is 9.59 Å². The highest BCUT2D eigenvalue weighted by Crippen LogP contribution is 2.23. The monoisotopic (exact) mass is 293 g/mol. The number of nitrogens with zero attached hydrogens (tertiary/aromatic N) is 1. The van der Waals surface area contributed by atoms with E-state index in [1.807, 2.05) is 6.92 Å². The van der Waals surface area contributed by atoms with Crippen molar-refractivity contribution < 1.29 is 24.2 Å².